The van der Waals surface area contributed by atoms with Gasteiger partial charge in [-0.2, -0.15) is 0 Å². The average Bonchev–Trinajstić information content (AvgIpc) is 3.09. The van der Waals surface area contributed by atoms with E-state index in [0.29, 0.717) is 5.92 Å². The second-order valence-corrected chi connectivity index (χ2v) is 8.12. The summed E-state index contributed by atoms with van der Waals surface area (Å²) in [6.07, 6.45) is 3.59. The lowest BCUT2D eigenvalue weighted by atomic mass is 9.71. The molecule has 124 valence electrons. The van der Waals surface area contributed by atoms with E-state index < -0.39 is 0 Å². The minimum absolute atomic E-state index is 0.222. The average molecular weight is 321 g/mol. The van der Waals surface area contributed by atoms with Gasteiger partial charge in [0.1, 0.15) is 11.3 Å². The van der Waals surface area contributed by atoms with Crippen LogP contribution in [0.3, 0.4) is 0 Å². The SMILES string of the molecule is Cc1nc2c(o1)c1c(c3ccc4c(c32)CCCC4(C)C)OC[C@@H]1C. The Balaban J connectivity index is 2.00. The Morgan fingerprint density at radius 3 is 2.92 bits per heavy atom. The summed E-state index contributed by atoms with van der Waals surface area (Å²) < 4.78 is 12.1. The minimum atomic E-state index is 0.222. The van der Waals surface area contributed by atoms with Gasteiger partial charge in [-0.3, -0.25) is 0 Å². The number of aromatic nitrogens is 1. The van der Waals surface area contributed by atoms with Crippen molar-refractivity contribution in [3.63, 3.8) is 0 Å². The van der Waals surface area contributed by atoms with Crippen molar-refractivity contribution in [2.45, 2.75) is 58.3 Å². The van der Waals surface area contributed by atoms with Gasteiger partial charge in [-0.15, -0.1) is 0 Å². The molecule has 3 heteroatoms. The lowest BCUT2D eigenvalue weighted by Gasteiger charge is -2.33. The van der Waals surface area contributed by atoms with Crippen LogP contribution in [-0.4, -0.2) is 11.6 Å². The van der Waals surface area contributed by atoms with Gasteiger partial charge in [0, 0.05) is 29.2 Å². The molecular formula is C21H23NO2. The molecule has 3 nitrogen and oxygen atoms in total. The molecule has 0 fully saturated rings. The summed E-state index contributed by atoms with van der Waals surface area (Å²) >= 11 is 0. The topological polar surface area (TPSA) is 35.3 Å². The van der Waals surface area contributed by atoms with Crippen molar-refractivity contribution < 1.29 is 9.15 Å². The van der Waals surface area contributed by atoms with E-state index in [2.05, 4.69) is 32.9 Å². The summed E-state index contributed by atoms with van der Waals surface area (Å²) in [5.41, 5.74) is 6.32. The molecule has 0 saturated carbocycles. The summed E-state index contributed by atoms with van der Waals surface area (Å²) in [7, 11) is 0. The Hall–Kier alpha value is -2.03. The van der Waals surface area contributed by atoms with E-state index in [9.17, 15) is 0 Å². The molecule has 0 spiro atoms. The van der Waals surface area contributed by atoms with Crippen molar-refractivity contribution in [1.29, 1.82) is 0 Å². The maximum absolute atomic E-state index is 6.10. The number of hydrogen-bond acceptors (Lipinski definition) is 3. The van der Waals surface area contributed by atoms with Gasteiger partial charge in [0.25, 0.3) is 0 Å². The van der Waals surface area contributed by atoms with Gasteiger partial charge in [-0.05, 0) is 35.8 Å². The monoisotopic (exact) mass is 321 g/mol. The van der Waals surface area contributed by atoms with Crippen molar-refractivity contribution >= 4 is 21.9 Å². The molecule has 1 aliphatic heterocycles. The highest BCUT2D eigenvalue weighted by atomic mass is 16.5. The molecular weight excluding hydrogens is 298 g/mol. The largest absolute Gasteiger partial charge is 0.492 e. The van der Waals surface area contributed by atoms with Crippen molar-refractivity contribution in [1.82, 2.24) is 4.98 Å². The Morgan fingerprint density at radius 2 is 2.08 bits per heavy atom. The molecule has 2 aromatic carbocycles. The fourth-order valence-corrected chi connectivity index (χ4v) is 4.77. The van der Waals surface area contributed by atoms with Crippen molar-refractivity contribution in [3.8, 4) is 5.75 Å². The zero-order valence-corrected chi connectivity index (χ0v) is 14.8. The van der Waals surface area contributed by atoms with E-state index in [1.165, 1.54) is 40.3 Å². The van der Waals surface area contributed by atoms with Crippen LogP contribution in [0.1, 0.15) is 62.1 Å². The molecule has 5 rings (SSSR count). The Morgan fingerprint density at radius 1 is 1.25 bits per heavy atom. The lowest BCUT2D eigenvalue weighted by Crippen LogP contribution is -2.23. The Kier molecular flexibility index (Phi) is 2.70. The van der Waals surface area contributed by atoms with Crippen LogP contribution in [-0.2, 0) is 11.8 Å². The van der Waals surface area contributed by atoms with E-state index in [4.69, 9.17) is 14.1 Å². The van der Waals surface area contributed by atoms with Crippen LogP contribution >= 0.6 is 0 Å². The zero-order valence-electron chi connectivity index (χ0n) is 14.8. The number of aryl methyl sites for hydroxylation is 2. The van der Waals surface area contributed by atoms with Gasteiger partial charge in [0.2, 0.25) is 0 Å². The van der Waals surface area contributed by atoms with Gasteiger partial charge >= 0.3 is 0 Å². The first-order valence-electron chi connectivity index (χ1n) is 8.99. The fourth-order valence-electron chi connectivity index (χ4n) is 4.77. The molecule has 0 unspecified atom stereocenters. The zero-order chi connectivity index (χ0) is 16.6. The third kappa shape index (κ3) is 1.70. The first-order valence-corrected chi connectivity index (χ1v) is 8.99. The van der Waals surface area contributed by atoms with E-state index in [-0.39, 0.29) is 5.41 Å². The highest BCUT2D eigenvalue weighted by Gasteiger charge is 2.34. The molecule has 0 bridgehead atoms. The molecule has 2 aliphatic rings. The molecule has 0 amide bonds. The number of ether oxygens (including phenoxy) is 1. The van der Waals surface area contributed by atoms with Gasteiger partial charge in [0.15, 0.2) is 11.5 Å². The highest BCUT2D eigenvalue weighted by Crippen LogP contribution is 2.49. The number of benzene rings is 2. The molecule has 24 heavy (non-hydrogen) atoms. The summed E-state index contributed by atoms with van der Waals surface area (Å²) in [6, 6.07) is 4.57. The summed E-state index contributed by atoms with van der Waals surface area (Å²) in [4.78, 5) is 4.79. The molecule has 0 radical (unpaired) electrons. The van der Waals surface area contributed by atoms with Crippen molar-refractivity contribution in [3.05, 3.63) is 34.7 Å². The van der Waals surface area contributed by atoms with Crippen molar-refractivity contribution in [2.24, 2.45) is 0 Å². The van der Waals surface area contributed by atoms with Gasteiger partial charge in [0.05, 0.1) is 6.61 Å². The Labute approximate surface area is 142 Å². The molecule has 1 aliphatic carbocycles. The number of oxazole rings is 1. The van der Waals surface area contributed by atoms with Crippen LogP contribution in [0.25, 0.3) is 21.9 Å². The maximum Gasteiger partial charge on any atom is 0.192 e. The molecule has 0 saturated heterocycles. The number of rotatable bonds is 0. The van der Waals surface area contributed by atoms with E-state index in [0.717, 1.165) is 35.8 Å². The van der Waals surface area contributed by atoms with E-state index in [1.807, 2.05) is 6.92 Å². The second kappa shape index (κ2) is 4.53. The molecule has 3 aromatic rings. The Bertz CT molecular complexity index is 996. The standard InChI is InChI=1S/C21H23NO2/c1-11-10-23-19-14-7-8-15-13(6-5-9-21(15,3)4)17(14)18-20(16(11)19)24-12(2)22-18/h7-8,11H,5-6,9-10H2,1-4H3/t11-/m0/s1. The first kappa shape index (κ1) is 14.3. The van der Waals surface area contributed by atoms with Crippen LogP contribution in [0.2, 0.25) is 0 Å². The second-order valence-electron chi connectivity index (χ2n) is 8.12. The number of hydrogen-bond donors (Lipinski definition) is 0. The third-order valence-corrected chi connectivity index (χ3v) is 5.95. The van der Waals surface area contributed by atoms with Gasteiger partial charge in [-0.25, -0.2) is 4.98 Å². The highest BCUT2D eigenvalue weighted by molar-refractivity contribution is 6.11. The van der Waals surface area contributed by atoms with Gasteiger partial charge in [-0.1, -0.05) is 32.9 Å². The van der Waals surface area contributed by atoms with Crippen LogP contribution in [0.15, 0.2) is 16.5 Å². The third-order valence-electron chi connectivity index (χ3n) is 5.95. The summed E-state index contributed by atoms with van der Waals surface area (Å²) in [5, 5.41) is 2.48. The molecule has 0 N–H and O–H groups in total. The van der Waals surface area contributed by atoms with E-state index >= 15 is 0 Å². The van der Waals surface area contributed by atoms with Crippen LogP contribution in [0.4, 0.5) is 0 Å². The number of fused-ring (bicyclic) bond motifs is 8. The smallest absolute Gasteiger partial charge is 0.192 e. The summed E-state index contributed by atoms with van der Waals surface area (Å²) in [6.45, 7) is 9.59. The molecule has 1 atom stereocenters. The van der Waals surface area contributed by atoms with Crippen LogP contribution < -0.4 is 4.74 Å². The lowest BCUT2D eigenvalue weighted by molar-refractivity contribution is 0.340. The molecule has 1 aromatic heterocycles. The van der Waals surface area contributed by atoms with E-state index in [1.54, 1.807) is 0 Å². The van der Waals surface area contributed by atoms with Crippen LogP contribution in [0.5, 0.6) is 5.75 Å². The van der Waals surface area contributed by atoms with Crippen molar-refractivity contribution in [2.75, 3.05) is 6.61 Å². The van der Waals surface area contributed by atoms with Crippen LogP contribution in [0, 0.1) is 6.92 Å². The number of nitrogens with zero attached hydrogens (tertiary/aromatic N) is 1. The van der Waals surface area contributed by atoms with Gasteiger partial charge < -0.3 is 9.15 Å². The first-order chi connectivity index (χ1) is 11.5. The normalized spacial score (nSPS) is 21.8. The minimum Gasteiger partial charge on any atom is -0.492 e. The maximum atomic E-state index is 6.10. The quantitative estimate of drug-likeness (QED) is 0.556. The fraction of sp³-hybridized carbons (Fsp3) is 0.476. The predicted octanol–water partition coefficient (Wildman–Crippen LogP) is 5.40. The molecule has 2 heterocycles. The summed E-state index contributed by atoms with van der Waals surface area (Å²) in [5.74, 6) is 2.12. The predicted molar refractivity (Wildman–Crippen MR) is 96.1 cm³/mol.